The third-order valence-corrected chi connectivity index (χ3v) is 4.51. The molecule has 1 heterocycles. The van der Waals surface area contributed by atoms with Gasteiger partial charge >= 0.3 is 0 Å². The van der Waals surface area contributed by atoms with Crippen molar-refractivity contribution in [3.05, 3.63) is 69.0 Å². The van der Waals surface area contributed by atoms with Gasteiger partial charge in [-0.25, -0.2) is 4.98 Å². The van der Waals surface area contributed by atoms with Crippen LogP contribution in [0.2, 0.25) is 10.0 Å². The molecule has 3 nitrogen and oxygen atoms in total. The number of benzene rings is 2. The second kappa shape index (κ2) is 6.71. The number of amides is 1. The predicted octanol–water partition coefficient (Wildman–Crippen LogP) is 5.68. The molecule has 3 rings (SSSR count). The Hall–Kier alpha value is -1.88. The maximum atomic E-state index is 12.3. The van der Waals surface area contributed by atoms with E-state index in [1.54, 1.807) is 18.2 Å². The lowest BCUT2D eigenvalue weighted by Crippen LogP contribution is -2.11. The van der Waals surface area contributed by atoms with Crippen molar-refractivity contribution in [1.29, 1.82) is 0 Å². The fourth-order valence-corrected chi connectivity index (χ4v) is 3.52. The van der Waals surface area contributed by atoms with Gasteiger partial charge in [-0.1, -0.05) is 53.5 Å². The first-order valence-electron chi connectivity index (χ1n) is 6.83. The zero-order chi connectivity index (χ0) is 16.4. The monoisotopic (exact) mass is 362 g/mol. The van der Waals surface area contributed by atoms with Crippen molar-refractivity contribution in [2.45, 2.75) is 6.92 Å². The summed E-state index contributed by atoms with van der Waals surface area (Å²) in [5, 5.41) is 4.18. The lowest BCUT2D eigenvalue weighted by atomic mass is 10.1. The Morgan fingerprint density at radius 2 is 1.74 bits per heavy atom. The largest absolute Gasteiger partial charge is 0.298 e. The third kappa shape index (κ3) is 3.72. The van der Waals surface area contributed by atoms with Crippen molar-refractivity contribution in [1.82, 2.24) is 4.98 Å². The van der Waals surface area contributed by atoms with Crippen LogP contribution >= 0.6 is 34.5 Å². The molecule has 0 fully saturated rings. The van der Waals surface area contributed by atoms with Gasteiger partial charge < -0.3 is 0 Å². The molecule has 0 saturated heterocycles. The van der Waals surface area contributed by atoms with E-state index in [2.05, 4.69) is 10.3 Å². The molecule has 1 aromatic heterocycles. The van der Waals surface area contributed by atoms with Crippen LogP contribution in [-0.2, 0) is 0 Å². The summed E-state index contributed by atoms with van der Waals surface area (Å²) < 4.78 is 0. The number of halogens is 2. The van der Waals surface area contributed by atoms with Crippen molar-refractivity contribution in [3.63, 3.8) is 0 Å². The third-order valence-electron chi connectivity index (χ3n) is 3.19. The standard InChI is InChI=1S/C17H12Cl2N2OS/c1-10-15(11-5-3-2-4-6-11)20-17(23-10)21-16(22)12-7-13(18)9-14(19)8-12/h2-9H,1H3,(H,20,21,22). The Bertz CT molecular complexity index is 842. The molecule has 0 spiro atoms. The van der Waals surface area contributed by atoms with Gasteiger partial charge in [0.15, 0.2) is 5.13 Å². The van der Waals surface area contributed by atoms with Crippen molar-refractivity contribution < 1.29 is 4.79 Å². The van der Waals surface area contributed by atoms with Crippen LogP contribution in [0.5, 0.6) is 0 Å². The van der Waals surface area contributed by atoms with Gasteiger partial charge in [0.25, 0.3) is 5.91 Å². The highest BCUT2D eigenvalue weighted by molar-refractivity contribution is 7.16. The molecule has 0 bridgehead atoms. The van der Waals surface area contributed by atoms with Crippen molar-refractivity contribution in [2.24, 2.45) is 0 Å². The minimum Gasteiger partial charge on any atom is -0.298 e. The first-order valence-corrected chi connectivity index (χ1v) is 8.40. The quantitative estimate of drug-likeness (QED) is 0.651. The van der Waals surface area contributed by atoms with Gasteiger partial charge in [0, 0.05) is 26.0 Å². The molecule has 1 amide bonds. The Labute approximate surface area is 147 Å². The molecule has 0 aliphatic heterocycles. The summed E-state index contributed by atoms with van der Waals surface area (Å²) in [7, 11) is 0. The topological polar surface area (TPSA) is 42.0 Å². The molecular formula is C17H12Cl2N2OS. The van der Waals surface area contributed by atoms with Gasteiger partial charge in [-0.3, -0.25) is 10.1 Å². The summed E-state index contributed by atoms with van der Waals surface area (Å²) in [5.74, 6) is -0.289. The van der Waals surface area contributed by atoms with E-state index in [0.717, 1.165) is 16.1 Å². The molecule has 0 aliphatic rings. The van der Waals surface area contributed by atoms with E-state index < -0.39 is 0 Å². The molecule has 23 heavy (non-hydrogen) atoms. The molecule has 1 N–H and O–H groups in total. The number of carbonyl (C=O) groups is 1. The van der Waals surface area contributed by atoms with Crippen LogP contribution in [0.4, 0.5) is 5.13 Å². The number of hydrogen-bond donors (Lipinski definition) is 1. The first-order chi connectivity index (χ1) is 11.0. The van der Waals surface area contributed by atoms with Crippen molar-refractivity contribution >= 4 is 45.6 Å². The number of aryl methyl sites for hydroxylation is 1. The number of carbonyl (C=O) groups excluding carboxylic acids is 1. The Morgan fingerprint density at radius 3 is 2.39 bits per heavy atom. The zero-order valence-electron chi connectivity index (χ0n) is 12.1. The second-order valence-electron chi connectivity index (χ2n) is 4.90. The maximum absolute atomic E-state index is 12.3. The molecule has 0 atom stereocenters. The molecule has 3 aromatic rings. The molecule has 116 valence electrons. The fourth-order valence-electron chi connectivity index (χ4n) is 2.17. The highest BCUT2D eigenvalue weighted by Gasteiger charge is 2.14. The van der Waals surface area contributed by atoms with Gasteiger partial charge in [-0.15, -0.1) is 11.3 Å². The van der Waals surface area contributed by atoms with Gasteiger partial charge in [0.1, 0.15) is 0 Å². The van der Waals surface area contributed by atoms with Crippen LogP contribution in [0.15, 0.2) is 48.5 Å². The van der Waals surface area contributed by atoms with E-state index in [-0.39, 0.29) is 5.91 Å². The molecule has 0 aliphatic carbocycles. The highest BCUT2D eigenvalue weighted by atomic mass is 35.5. The van der Waals surface area contributed by atoms with Crippen LogP contribution in [0.3, 0.4) is 0 Å². The maximum Gasteiger partial charge on any atom is 0.257 e. The summed E-state index contributed by atoms with van der Waals surface area (Å²) in [5.41, 5.74) is 2.29. The minimum atomic E-state index is -0.289. The van der Waals surface area contributed by atoms with Crippen molar-refractivity contribution in [3.8, 4) is 11.3 Å². The highest BCUT2D eigenvalue weighted by Crippen LogP contribution is 2.30. The van der Waals surface area contributed by atoms with Crippen LogP contribution < -0.4 is 5.32 Å². The first kappa shape index (κ1) is 16.0. The van der Waals surface area contributed by atoms with E-state index in [1.165, 1.54) is 11.3 Å². The van der Waals surface area contributed by atoms with Gasteiger partial charge in [-0.05, 0) is 25.1 Å². The van der Waals surface area contributed by atoms with Crippen LogP contribution in [0.25, 0.3) is 11.3 Å². The zero-order valence-corrected chi connectivity index (χ0v) is 14.5. The second-order valence-corrected chi connectivity index (χ2v) is 6.98. The van der Waals surface area contributed by atoms with E-state index >= 15 is 0 Å². The number of hydrogen-bond acceptors (Lipinski definition) is 3. The number of nitrogens with one attached hydrogen (secondary N) is 1. The van der Waals surface area contributed by atoms with Gasteiger partial charge in [0.2, 0.25) is 0 Å². The number of aromatic nitrogens is 1. The molecule has 0 saturated carbocycles. The predicted molar refractivity (Wildman–Crippen MR) is 96.7 cm³/mol. The van der Waals surface area contributed by atoms with E-state index in [4.69, 9.17) is 23.2 Å². The average molecular weight is 363 g/mol. The van der Waals surface area contributed by atoms with E-state index in [1.807, 2.05) is 37.3 Å². The Balaban J connectivity index is 1.85. The average Bonchev–Trinajstić information content (AvgIpc) is 2.87. The smallest absolute Gasteiger partial charge is 0.257 e. The molecular weight excluding hydrogens is 351 g/mol. The minimum absolute atomic E-state index is 0.289. The SMILES string of the molecule is Cc1sc(NC(=O)c2cc(Cl)cc(Cl)c2)nc1-c1ccccc1. The Morgan fingerprint density at radius 1 is 1.09 bits per heavy atom. The summed E-state index contributed by atoms with van der Waals surface area (Å²) in [6, 6.07) is 14.6. The van der Waals surface area contributed by atoms with Crippen LogP contribution in [0, 0.1) is 6.92 Å². The molecule has 0 radical (unpaired) electrons. The normalized spacial score (nSPS) is 10.6. The number of rotatable bonds is 3. The van der Waals surface area contributed by atoms with Gasteiger partial charge in [-0.2, -0.15) is 0 Å². The fraction of sp³-hybridized carbons (Fsp3) is 0.0588. The molecule has 0 unspecified atom stereocenters. The molecule has 2 aromatic carbocycles. The number of thiazole rings is 1. The Kier molecular flexibility index (Phi) is 4.66. The summed E-state index contributed by atoms with van der Waals surface area (Å²) in [6.45, 7) is 1.98. The lowest BCUT2D eigenvalue weighted by molar-refractivity contribution is 0.102. The van der Waals surface area contributed by atoms with E-state index in [0.29, 0.717) is 20.7 Å². The van der Waals surface area contributed by atoms with Crippen LogP contribution in [0.1, 0.15) is 15.2 Å². The summed E-state index contributed by atoms with van der Waals surface area (Å²) in [6.07, 6.45) is 0. The van der Waals surface area contributed by atoms with Gasteiger partial charge in [0.05, 0.1) is 5.69 Å². The van der Waals surface area contributed by atoms with E-state index in [9.17, 15) is 4.79 Å². The molecule has 6 heteroatoms. The van der Waals surface area contributed by atoms with Crippen molar-refractivity contribution in [2.75, 3.05) is 5.32 Å². The summed E-state index contributed by atoms with van der Waals surface area (Å²) >= 11 is 13.3. The summed E-state index contributed by atoms with van der Waals surface area (Å²) in [4.78, 5) is 17.9. The number of anilines is 1. The number of nitrogens with zero attached hydrogens (tertiary/aromatic N) is 1. The van der Waals surface area contributed by atoms with Crippen LogP contribution in [-0.4, -0.2) is 10.9 Å². The lowest BCUT2D eigenvalue weighted by Gasteiger charge is -2.03.